The van der Waals surface area contributed by atoms with Crippen molar-refractivity contribution in [1.29, 1.82) is 0 Å². The van der Waals surface area contributed by atoms with Gasteiger partial charge in [0.25, 0.3) is 0 Å². The van der Waals surface area contributed by atoms with E-state index in [2.05, 4.69) is 9.88 Å². The van der Waals surface area contributed by atoms with Gasteiger partial charge in [0, 0.05) is 17.1 Å². The molecule has 2 unspecified atom stereocenters. The first-order valence-electron chi connectivity index (χ1n) is 9.71. The quantitative estimate of drug-likeness (QED) is 0.391. The standard InChI is InChI=1S/C22H22ClN3O2S/c23-21-10-9-16(12-24-21)19-15-29-22(25-19)20-8-4-5-11-26(20)17(13-27)14-28-18-6-2-1-3-7-18/h1-3,6-7,9-10,12-13,15,17,20H,4-5,8,11,14H2. The number of piperidine rings is 1. The van der Waals surface area contributed by atoms with Crippen molar-refractivity contribution in [1.82, 2.24) is 14.9 Å². The zero-order valence-corrected chi connectivity index (χ0v) is 17.5. The number of hydrogen-bond acceptors (Lipinski definition) is 6. The van der Waals surface area contributed by atoms with Gasteiger partial charge in [0.15, 0.2) is 0 Å². The van der Waals surface area contributed by atoms with E-state index in [1.165, 1.54) is 0 Å². The Labute approximate surface area is 179 Å². The summed E-state index contributed by atoms with van der Waals surface area (Å²) in [5.41, 5.74) is 1.83. The topological polar surface area (TPSA) is 55.3 Å². The molecule has 1 fully saturated rings. The van der Waals surface area contributed by atoms with Gasteiger partial charge in [-0.3, -0.25) is 4.90 Å². The van der Waals surface area contributed by atoms with Crippen molar-refractivity contribution in [2.45, 2.75) is 31.3 Å². The van der Waals surface area contributed by atoms with Crippen LogP contribution < -0.4 is 4.74 Å². The van der Waals surface area contributed by atoms with E-state index in [1.54, 1.807) is 23.6 Å². The maximum absolute atomic E-state index is 11.9. The van der Waals surface area contributed by atoms with E-state index in [9.17, 15) is 4.79 Å². The molecule has 0 N–H and O–H groups in total. The Hall–Kier alpha value is -2.28. The van der Waals surface area contributed by atoms with Crippen LogP contribution in [0.25, 0.3) is 11.3 Å². The molecule has 1 aliphatic rings. The van der Waals surface area contributed by atoms with Crippen molar-refractivity contribution < 1.29 is 9.53 Å². The largest absolute Gasteiger partial charge is 0.491 e. The molecule has 1 aromatic carbocycles. The molecule has 0 saturated carbocycles. The highest BCUT2D eigenvalue weighted by molar-refractivity contribution is 7.10. The molecule has 0 aliphatic carbocycles. The van der Waals surface area contributed by atoms with E-state index in [-0.39, 0.29) is 12.1 Å². The Morgan fingerprint density at radius 2 is 2.10 bits per heavy atom. The molecular weight excluding hydrogens is 406 g/mol. The van der Waals surface area contributed by atoms with Crippen molar-refractivity contribution in [3.8, 4) is 17.0 Å². The molecule has 2 atom stereocenters. The number of carbonyl (C=O) groups is 1. The summed E-state index contributed by atoms with van der Waals surface area (Å²) < 4.78 is 5.87. The third-order valence-electron chi connectivity index (χ3n) is 5.12. The zero-order valence-electron chi connectivity index (χ0n) is 15.9. The minimum Gasteiger partial charge on any atom is -0.491 e. The fourth-order valence-corrected chi connectivity index (χ4v) is 4.72. The molecule has 4 rings (SSSR count). The van der Waals surface area contributed by atoms with Crippen LogP contribution in [0.4, 0.5) is 0 Å². The van der Waals surface area contributed by atoms with E-state index in [1.807, 2.05) is 41.8 Å². The second kappa shape index (κ2) is 9.48. The fraction of sp³-hybridized carbons (Fsp3) is 0.318. The van der Waals surface area contributed by atoms with Crippen LogP contribution in [-0.4, -0.2) is 40.3 Å². The number of carbonyl (C=O) groups excluding carboxylic acids is 1. The van der Waals surface area contributed by atoms with Gasteiger partial charge in [-0.15, -0.1) is 11.3 Å². The maximum atomic E-state index is 11.9. The molecule has 3 heterocycles. The summed E-state index contributed by atoms with van der Waals surface area (Å²) in [4.78, 5) is 23.1. The summed E-state index contributed by atoms with van der Waals surface area (Å²) in [5, 5.41) is 3.54. The summed E-state index contributed by atoms with van der Waals surface area (Å²) in [5.74, 6) is 0.777. The number of rotatable bonds is 7. The highest BCUT2D eigenvalue weighted by Gasteiger charge is 2.32. The van der Waals surface area contributed by atoms with E-state index in [0.29, 0.717) is 11.8 Å². The first-order valence-corrected chi connectivity index (χ1v) is 11.0. The first-order chi connectivity index (χ1) is 14.2. The van der Waals surface area contributed by atoms with Gasteiger partial charge in [0.2, 0.25) is 0 Å². The number of thiazole rings is 1. The Bertz CT molecular complexity index is 933. The molecule has 29 heavy (non-hydrogen) atoms. The van der Waals surface area contributed by atoms with Crippen LogP contribution in [0.15, 0.2) is 54.0 Å². The lowest BCUT2D eigenvalue weighted by Gasteiger charge is -2.37. The number of aromatic nitrogens is 2. The SMILES string of the molecule is O=CC(COc1ccccc1)N1CCCCC1c1nc(-c2ccc(Cl)nc2)cs1. The normalized spacial score (nSPS) is 18.3. The minimum atomic E-state index is -0.301. The molecule has 2 aromatic heterocycles. The third kappa shape index (κ3) is 4.83. The Morgan fingerprint density at radius 1 is 1.24 bits per heavy atom. The molecule has 7 heteroatoms. The second-order valence-electron chi connectivity index (χ2n) is 7.02. The van der Waals surface area contributed by atoms with Crippen LogP contribution in [-0.2, 0) is 4.79 Å². The average Bonchev–Trinajstić information content (AvgIpc) is 3.26. The van der Waals surface area contributed by atoms with Crippen LogP contribution in [0.3, 0.4) is 0 Å². The number of ether oxygens (including phenoxy) is 1. The lowest BCUT2D eigenvalue weighted by atomic mass is 10.0. The molecule has 5 nitrogen and oxygen atoms in total. The van der Waals surface area contributed by atoms with Gasteiger partial charge in [-0.1, -0.05) is 36.2 Å². The number of benzene rings is 1. The van der Waals surface area contributed by atoms with Crippen molar-refractivity contribution in [3.05, 3.63) is 64.2 Å². The van der Waals surface area contributed by atoms with Crippen molar-refractivity contribution in [3.63, 3.8) is 0 Å². The summed E-state index contributed by atoms with van der Waals surface area (Å²) >= 11 is 7.52. The van der Waals surface area contributed by atoms with Crippen LogP contribution in [0.5, 0.6) is 5.75 Å². The molecule has 0 bridgehead atoms. The number of para-hydroxylation sites is 1. The molecule has 1 saturated heterocycles. The van der Waals surface area contributed by atoms with Gasteiger partial charge in [-0.05, 0) is 43.7 Å². The van der Waals surface area contributed by atoms with Gasteiger partial charge >= 0.3 is 0 Å². The second-order valence-corrected chi connectivity index (χ2v) is 8.29. The highest BCUT2D eigenvalue weighted by Crippen LogP contribution is 2.35. The van der Waals surface area contributed by atoms with E-state index < -0.39 is 0 Å². The van der Waals surface area contributed by atoms with Crippen LogP contribution >= 0.6 is 22.9 Å². The van der Waals surface area contributed by atoms with Gasteiger partial charge < -0.3 is 9.53 Å². The third-order valence-corrected chi connectivity index (χ3v) is 6.29. The van der Waals surface area contributed by atoms with Gasteiger partial charge in [-0.2, -0.15) is 0 Å². The number of hydrogen-bond donors (Lipinski definition) is 0. The maximum Gasteiger partial charge on any atom is 0.140 e. The smallest absolute Gasteiger partial charge is 0.140 e. The fourth-order valence-electron chi connectivity index (χ4n) is 3.63. The van der Waals surface area contributed by atoms with Crippen molar-refractivity contribution in [2.24, 2.45) is 0 Å². The van der Waals surface area contributed by atoms with Gasteiger partial charge in [0.1, 0.15) is 34.8 Å². The summed E-state index contributed by atoms with van der Waals surface area (Å²) in [6, 6.07) is 13.1. The number of pyridine rings is 1. The predicted molar refractivity (Wildman–Crippen MR) is 115 cm³/mol. The van der Waals surface area contributed by atoms with E-state index in [0.717, 1.165) is 54.1 Å². The summed E-state index contributed by atoms with van der Waals surface area (Å²) in [7, 11) is 0. The summed E-state index contributed by atoms with van der Waals surface area (Å²) in [6.07, 6.45) is 5.93. The first kappa shape index (κ1) is 20.0. The summed E-state index contributed by atoms with van der Waals surface area (Å²) in [6.45, 7) is 1.20. The molecule has 150 valence electrons. The molecule has 1 aliphatic heterocycles. The van der Waals surface area contributed by atoms with Gasteiger partial charge in [-0.25, -0.2) is 9.97 Å². The minimum absolute atomic E-state index is 0.123. The van der Waals surface area contributed by atoms with Gasteiger partial charge in [0.05, 0.1) is 11.7 Å². The van der Waals surface area contributed by atoms with Crippen LogP contribution in [0.2, 0.25) is 5.15 Å². The highest BCUT2D eigenvalue weighted by atomic mass is 35.5. The predicted octanol–water partition coefficient (Wildman–Crippen LogP) is 5.03. The Morgan fingerprint density at radius 3 is 2.86 bits per heavy atom. The number of aldehydes is 1. The zero-order chi connectivity index (χ0) is 20.1. The molecule has 3 aromatic rings. The lowest BCUT2D eigenvalue weighted by molar-refractivity contribution is -0.115. The Balaban J connectivity index is 1.50. The Kier molecular flexibility index (Phi) is 6.54. The number of nitrogens with zero attached hydrogens (tertiary/aromatic N) is 3. The average molecular weight is 428 g/mol. The molecule has 0 spiro atoms. The van der Waals surface area contributed by atoms with E-state index >= 15 is 0 Å². The van der Waals surface area contributed by atoms with Crippen LogP contribution in [0.1, 0.15) is 30.3 Å². The number of likely N-dealkylation sites (tertiary alicyclic amines) is 1. The van der Waals surface area contributed by atoms with E-state index in [4.69, 9.17) is 21.3 Å². The lowest BCUT2D eigenvalue weighted by Crippen LogP contribution is -2.45. The molecular formula is C22H22ClN3O2S. The van der Waals surface area contributed by atoms with Crippen molar-refractivity contribution >= 4 is 29.2 Å². The van der Waals surface area contributed by atoms with Crippen molar-refractivity contribution in [2.75, 3.05) is 13.2 Å². The monoisotopic (exact) mass is 427 g/mol. The molecule has 0 radical (unpaired) electrons. The number of halogens is 1. The molecule has 0 amide bonds. The van der Waals surface area contributed by atoms with Crippen LogP contribution in [0, 0.1) is 0 Å².